The van der Waals surface area contributed by atoms with Gasteiger partial charge in [0, 0.05) is 20.1 Å². The average Bonchev–Trinajstić information content (AvgIpc) is 2.88. The maximum atomic E-state index is 12.6. The van der Waals surface area contributed by atoms with Gasteiger partial charge < -0.3 is 27.9 Å². The highest BCUT2D eigenvalue weighted by molar-refractivity contribution is 7.51. The number of allylic oxidation sites excluding steroid dienone is 2. The van der Waals surface area contributed by atoms with Gasteiger partial charge in [-0.3, -0.25) is 0 Å². The van der Waals surface area contributed by atoms with Crippen LogP contribution in [0.2, 0.25) is 0 Å². The summed E-state index contributed by atoms with van der Waals surface area (Å²) < 4.78 is 29.4. The van der Waals surface area contributed by atoms with Gasteiger partial charge in [0.15, 0.2) is 13.4 Å². The molecular weight excluding hydrogens is 509 g/mol. The number of nitrogens with zero attached hydrogens (tertiary/aromatic N) is 1. The Bertz CT molecular complexity index is 608. The van der Waals surface area contributed by atoms with Crippen LogP contribution in [0.25, 0.3) is 0 Å². The van der Waals surface area contributed by atoms with E-state index in [1.807, 2.05) is 28.1 Å². The smallest absolute Gasteiger partial charge is 0.193 e. The molecule has 0 rings (SSSR count). The first kappa shape index (κ1) is 38.8. The van der Waals surface area contributed by atoms with Crippen molar-refractivity contribution in [3.8, 4) is 0 Å². The maximum absolute atomic E-state index is 12.6. The van der Waals surface area contributed by atoms with E-state index >= 15 is 0 Å². The van der Waals surface area contributed by atoms with Crippen molar-refractivity contribution in [1.82, 2.24) is 0 Å². The summed E-state index contributed by atoms with van der Waals surface area (Å²) in [4.78, 5) is 12.6. The summed E-state index contributed by atoms with van der Waals surface area (Å²) in [7, 11) is 3.19. The summed E-state index contributed by atoms with van der Waals surface area (Å²) in [5.41, 5.74) is 0. The van der Waals surface area contributed by atoms with E-state index in [1.165, 1.54) is 109 Å². The second-order valence-corrected chi connectivity index (χ2v) is 14.1. The lowest BCUT2D eigenvalue weighted by atomic mass is 10.1. The van der Waals surface area contributed by atoms with Crippen molar-refractivity contribution in [3.05, 3.63) is 12.2 Å². The molecule has 0 aliphatic heterocycles. The number of methoxy groups -OCH3 is 1. The molecule has 0 spiro atoms. The highest BCUT2D eigenvalue weighted by Gasteiger charge is 2.34. The van der Waals surface area contributed by atoms with Crippen molar-refractivity contribution in [1.29, 1.82) is 0 Å². The first-order valence-electron chi connectivity index (χ1n) is 16.2. The summed E-state index contributed by atoms with van der Waals surface area (Å²) >= 11 is 0. The lowest BCUT2D eigenvalue weighted by Crippen LogP contribution is -2.47. The first-order valence-corrected chi connectivity index (χ1v) is 17.8. The molecule has 0 aliphatic rings. The van der Waals surface area contributed by atoms with E-state index in [9.17, 15) is 9.46 Å². The number of hydrogen-bond acceptors (Lipinski definition) is 5. The minimum Gasteiger partial charge on any atom is -0.774 e. The predicted molar refractivity (Wildman–Crippen MR) is 165 cm³/mol. The van der Waals surface area contributed by atoms with Gasteiger partial charge in [0.1, 0.15) is 6.10 Å². The van der Waals surface area contributed by atoms with E-state index in [0.29, 0.717) is 24.1 Å². The third-order valence-corrected chi connectivity index (χ3v) is 9.80. The van der Waals surface area contributed by atoms with Gasteiger partial charge in [-0.15, -0.1) is 0 Å². The second kappa shape index (κ2) is 25.5. The molecule has 0 N–H and O–H groups in total. The number of rotatable bonds is 29. The third-order valence-electron chi connectivity index (χ3n) is 7.50. The first-order chi connectivity index (χ1) is 18.7. The van der Waals surface area contributed by atoms with Crippen molar-refractivity contribution in [2.45, 2.75) is 148 Å². The summed E-state index contributed by atoms with van der Waals surface area (Å²) in [5.74, 6) is -0.568. The second-order valence-electron chi connectivity index (χ2n) is 12.1. The van der Waals surface area contributed by atoms with Crippen LogP contribution in [0.15, 0.2) is 12.2 Å². The van der Waals surface area contributed by atoms with Crippen LogP contribution in [0.1, 0.15) is 136 Å². The van der Waals surface area contributed by atoms with Crippen LogP contribution >= 0.6 is 7.60 Å². The Balaban J connectivity index is 3.58. The van der Waals surface area contributed by atoms with Crippen LogP contribution < -0.4 is 4.89 Å². The molecule has 7 heteroatoms. The van der Waals surface area contributed by atoms with Crippen LogP contribution in [0.5, 0.6) is 0 Å². The van der Waals surface area contributed by atoms with E-state index in [1.54, 1.807) is 7.11 Å². The Morgan fingerprint density at radius 2 is 1.18 bits per heavy atom. The molecule has 0 aliphatic carbocycles. The minimum absolute atomic E-state index is 0.00220. The summed E-state index contributed by atoms with van der Waals surface area (Å²) in [6, 6.07) is 0. The third kappa shape index (κ3) is 23.1. The molecule has 3 atom stereocenters. The van der Waals surface area contributed by atoms with Crippen LogP contribution in [0, 0.1) is 0 Å². The fourth-order valence-electron chi connectivity index (χ4n) is 5.03. The number of ether oxygens (including phenoxy) is 2. The van der Waals surface area contributed by atoms with E-state index in [2.05, 4.69) is 19.1 Å². The van der Waals surface area contributed by atoms with Crippen LogP contribution in [-0.2, 0) is 18.6 Å². The van der Waals surface area contributed by atoms with Gasteiger partial charge in [-0.25, -0.2) is 0 Å². The van der Waals surface area contributed by atoms with E-state index in [4.69, 9.17) is 14.0 Å². The fourth-order valence-corrected chi connectivity index (χ4v) is 6.87. The van der Waals surface area contributed by atoms with Crippen LogP contribution in [0.4, 0.5) is 0 Å². The highest BCUT2D eigenvalue weighted by Crippen LogP contribution is 2.47. The highest BCUT2D eigenvalue weighted by atomic mass is 31.2. The predicted octanol–water partition coefficient (Wildman–Crippen LogP) is 8.63. The largest absolute Gasteiger partial charge is 0.774 e. The van der Waals surface area contributed by atoms with Crippen molar-refractivity contribution >= 4 is 7.60 Å². The molecule has 0 fully saturated rings. The Labute approximate surface area is 243 Å². The standard InChI is InChI=1S/C32H66NO5P/c1-7-9-10-11-12-13-14-15-16-17-18-19-20-21-22-23-24-25-26-27-28-37-29-31(36-6)30-38-39(34,35)32(8-2)33(3,4)5/h18-19,31-32H,7-17,20-30H2,1-6H3/b19-18-/t31-,32?/m1/s1. The quantitative estimate of drug-likeness (QED) is 0.0386. The molecule has 0 heterocycles. The number of unbranched alkanes of at least 4 members (excludes halogenated alkanes) is 16. The van der Waals surface area contributed by atoms with Gasteiger partial charge in [0.05, 0.1) is 34.4 Å². The molecule has 0 aromatic heterocycles. The molecule has 0 saturated carbocycles. The lowest BCUT2D eigenvalue weighted by molar-refractivity contribution is -0.884. The van der Waals surface area contributed by atoms with Gasteiger partial charge >= 0.3 is 0 Å². The Kier molecular flexibility index (Phi) is 25.3. The molecule has 0 bridgehead atoms. The van der Waals surface area contributed by atoms with Gasteiger partial charge in [-0.1, -0.05) is 109 Å². The van der Waals surface area contributed by atoms with Crippen LogP contribution in [-0.4, -0.2) is 64.4 Å². The normalized spacial score (nSPS) is 15.6. The van der Waals surface area contributed by atoms with Gasteiger partial charge in [-0.05, 0) is 32.1 Å². The van der Waals surface area contributed by atoms with Crippen molar-refractivity contribution in [3.63, 3.8) is 0 Å². The molecule has 0 radical (unpaired) electrons. The van der Waals surface area contributed by atoms with E-state index < -0.39 is 13.4 Å². The molecule has 39 heavy (non-hydrogen) atoms. The van der Waals surface area contributed by atoms with E-state index in [0.717, 1.165) is 6.42 Å². The zero-order valence-electron chi connectivity index (χ0n) is 26.8. The topological polar surface area (TPSA) is 67.8 Å². The monoisotopic (exact) mass is 575 g/mol. The molecule has 0 aromatic carbocycles. The summed E-state index contributed by atoms with van der Waals surface area (Å²) in [5, 5.41) is 0. The molecule has 6 nitrogen and oxygen atoms in total. The molecule has 2 unspecified atom stereocenters. The Morgan fingerprint density at radius 3 is 1.62 bits per heavy atom. The zero-order chi connectivity index (χ0) is 29.2. The maximum Gasteiger partial charge on any atom is 0.193 e. The number of hydrogen-bond donors (Lipinski definition) is 0. The molecule has 234 valence electrons. The fraction of sp³-hybridized carbons (Fsp3) is 0.938. The van der Waals surface area contributed by atoms with Crippen molar-refractivity contribution in [2.24, 2.45) is 0 Å². The summed E-state index contributed by atoms with van der Waals surface area (Å²) in [6.07, 6.45) is 28.7. The van der Waals surface area contributed by atoms with Gasteiger partial charge in [0.25, 0.3) is 0 Å². The number of quaternary nitrogens is 1. The average molecular weight is 576 g/mol. The molecular formula is C32H66NO5P. The summed E-state index contributed by atoms with van der Waals surface area (Å²) in [6.45, 7) is 5.18. The molecule has 0 saturated heterocycles. The van der Waals surface area contributed by atoms with E-state index in [-0.39, 0.29) is 12.7 Å². The van der Waals surface area contributed by atoms with Gasteiger partial charge in [-0.2, -0.15) is 0 Å². The molecule has 0 aromatic rings. The van der Waals surface area contributed by atoms with Gasteiger partial charge in [0.2, 0.25) is 0 Å². The van der Waals surface area contributed by atoms with Crippen molar-refractivity contribution < 1.29 is 27.9 Å². The SMILES string of the molecule is CCCCCCCCCCC/C=C\CCCCCCCCCOC[C@H](COP(=O)([O-])C(CC)[N+](C)(C)C)OC. The van der Waals surface area contributed by atoms with Crippen molar-refractivity contribution in [2.75, 3.05) is 48.1 Å². The van der Waals surface area contributed by atoms with Crippen LogP contribution in [0.3, 0.4) is 0 Å². The zero-order valence-corrected chi connectivity index (χ0v) is 27.7. The minimum atomic E-state index is -3.99. The lowest BCUT2D eigenvalue weighted by Gasteiger charge is -2.41. The molecule has 0 amide bonds. The Hall–Kier alpha value is -0.230. The Morgan fingerprint density at radius 1 is 0.718 bits per heavy atom.